The van der Waals surface area contributed by atoms with Crippen LogP contribution in [0.15, 0.2) is 16.9 Å². The lowest BCUT2D eigenvalue weighted by molar-refractivity contribution is 0.0940. The molecule has 0 aliphatic carbocycles. The first-order valence-electron chi connectivity index (χ1n) is 6.33. The summed E-state index contributed by atoms with van der Waals surface area (Å²) in [6.07, 6.45) is 1.78. The largest absolute Gasteiger partial charge is 0.472 e. The number of carbonyl (C=O) groups excluding carboxylic acids is 1. The SMILES string of the molecule is Cc1nonc1OCCNC(=O)c1ccn(C(C)C)n1. The summed E-state index contributed by atoms with van der Waals surface area (Å²) in [6.45, 7) is 6.35. The summed E-state index contributed by atoms with van der Waals surface area (Å²) in [5, 5.41) is 14.1. The van der Waals surface area contributed by atoms with Crippen molar-refractivity contribution in [2.75, 3.05) is 13.2 Å². The number of aromatic nitrogens is 4. The monoisotopic (exact) mass is 279 g/mol. The quantitative estimate of drug-likeness (QED) is 0.791. The first kappa shape index (κ1) is 14.0. The molecule has 108 valence electrons. The van der Waals surface area contributed by atoms with Crippen LogP contribution in [0.2, 0.25) is 0 Å². The Hall–Kier alpha value is -2.38. The number of rotatable bonds is 6. The zero-order valence-electron chi connectivity index (χ0n) is 11.7. The summed E-state index contributed by atoms with van der Waals surface area (Å²) < 4.78 is 11.5. The Morgan fingerprint density at radius 1 is 1.50 bits per heavy atom. The normalized spacial score (nSPS) is 10.8. The van der Waals surface area contributed by atoms with Crippen molar-refractivity contribution >= 4 is 5.91 Å². The topological polar surface area (TPSA) is 95.1 Å². The van der Waals surface area contributed by atoms with E-state index in [0.717, 1.165) is 0 Å². The molecule has 0 bridgehead atoms. The number of nitrogens with one attached hydrogen (secondary N) is 1. The zero-order valence-corrected chi connectivity index (χ0v) is 11.7. The lowest BCUT2D eigenvalue weighted by Gasteiger charge is -2.05. The van der Waals surface area contributed by atoms with Gasteiger partial charge < -0.3 is 10.1 Å². The molecule has 1 amide bonds. The average molecular weight is 279 g/mol. The molecule has 0 saturated carbocycles. The molecular formula is C12H17N5O3. The van der Waals surface area contributed by atoms with Gasteiger partial charge in [-0.15, -0.1) is 0 Å². The molecule has 0 atom stereocenters. The van der Waals surface area contributed by atoms with Crippen LogP contribution in [0.3, 0.4) is 0 Å². The molecule has 0 aliphatic heterocycles. The van der Waals surface area contributed by atoms with Crippen molar-refractivity contribution in [2.24, 2.45) is 0 Å². The molecular weight excluding hydrogens is 262 g/mol. The van der Waals surface area contributed by atoms with Gasteiger partial charge in [0.05, 0.1) is 6.54 Å². The van der Waals surface area contributed by atoms with Gasteiger partial charge in [-0.1, -0.05) is 5.16 Å². The minimum atomic E-state index is -0.233. The summed E-state index contributed by atoms with van der Waals surface area (Å²) in [4.78, 5) is 11.8. The van der Waals surface area contributed by atoms with E-state index in [-0.39, 0.29) is 18.6 Å². The highest BCUT2D eigenvalue weighted by molar-refractivity contribution is 5.92. The molecule has 0 radical (unpaired) electrons. The fourth-order valence-electron chi connectivity index (χ4n) is 1.50. The van der Waals surface area contributed by atoms with E-state index in [1.807, 2.05) is 13.8 Å². The van der Waals surface area contributed by atoms with Gasteiger partial charge in [-0.3, -0.25) is 9.48 Å². The lowest BCUT2D eigenvalue weighted by Crippen LogP contribution is -2.28. The maximum Gasteiger partial charge on any atom is 0.278 e. The average Bonchev–Trinajstić information content (AvgIpc) is 3.03. The summed E-state index contributed by atoms with van der Waals surface area (Å²) in [5.74, 6) is 0.103. The molecule has 2 aromatic rings. The second-order valence-corrected chi connectivity index (χ2v) is 4.53. The Balaban J connectivity index is 1.76. The van der Waals surface area contributed by atoms with Crippen molar-refractivity contribution in [3.8, 4) is 5.88 Å². The van der Waals surface area contributed by atoms with Crippen LogP contribution in [0.4, 0.5) is 0 Å². The van der Waals surface area contributed by atoms with Crippen molar-refractivity contribution < 1.29 is 14.2 Å². The van der Waals surface area contributed by atoms with Gasteiger partial charge >= 0.3 is 0 Å². The Bertz CT molecular complexity index is 575. The molecule has 1 N–H and O–H groups in total. The third-order valence-corrected chi connectivity index (χ3v) is 2.61. The second kappa shape index (κ2) is 6.18. The highest BCUT2D eigenvalue weighted by atomic mass is 16.6. The van der Waals surface area contributed by atoms with Crippen LogP contribution in [0.1, 0.15) is 36.1 Å². The number of carbonyl (C=O) groups is 1. The van der Waals surface area contributed by atoms with E-state index in [9.17, 15) is 4.79 Å². The van der Waals surface area contributed by atoms with Gasteiger partial charge in [-0.2, -0.15) is 5.10 Å². The van der Waals surface area contributed by atoms with Crippen molar-refractivity contribution in [3.63, 3.8) is 0 Å². The van der Waals surface area contributed by atoms with Gasteiger partial charge in [0, 0.05) is 12.2 Å². The molecule has 2 aromatic heterocycles. The number of ether oxygens (including phenoxy) is 1. The molecule has 8 nitrogen and oxygen atoms in total. The fourth-order valence-corrected chi connectivity index (χ4v) is 1.50. The van der Waals surface area contributed by atoms with Crippen LogP contribution in [-0.2, 0) is 0 Å². The third-order valence-electron chi connectivity index (χ3n) is 2.61. The molecule has 0 saturated heterocycles. The molecule has 2 rings (SSSR count). The summed E-state index contributed by atoms with van der Waals surface area (Å²) >= 11 is 0. The van der Waals surface area contributed by atoms with Crippen molar-refractivity contribution in [2.45, 2.75) is 26.8 Å². The van der Waals surface area contributed by atoms with Gasteiger partial charge in [0.2, 0.25) is 0 Å². The van der Waals surface area contributed by atoms with Crippen LogP contribution in [0.25, 0.3) is 0 Å². The van der Waals surface area contributed by atoms with E-state index in [1.165, 1.54) is 0 Å². The molecule has 8 heteroatoms. The predicted octanol–water partition coefficient (Wildman–Crippen LogP) is 0.964. The number of hydrogen-bond donors (Lipinski definition) is 1. The first-order chi connectivity index (χ1) is 9.58. The second-order valence-electron chi connectivity index (χ2n) is 4.53. The molecule has 20 heavy (non-hydrogen) atoms. The van der Waals surface area contributed by atoms with Crippen LogP contribution in [-0.4, -0.2) is 39.2 Å². The van der Waals surface area contributed by atoms with E-state index in [4.69, 9.17) is 4.74 Å². The summed E-state index contributed by atoms with van der Waals surface area (Å²) in [7, 11) is 0. The van der Waals surface area contributed by atoms with E-state index in [2.05, 4.69) is 25.4 Å². The molecule has 0 aromatic carbocycles. The lowest BCUT2D eigenvalue weighted by atomic mass is 10.4. The first-order valence-corrected chi connectivity index (χ1v) is 6.33. The zero-order chi connectivity index (χ0) is 14.5. The van der Waals surface area contributed by atoms with Crippen molar-refractivity contribution in [3.05, 3.63) is 23.7 Å². The number of nitrogens with zero attached hydrogens (tertiary/aromatic N) is 4. The van der Waals surface area contributed by atoms with Crippen LogP contribution in [0.5, 0.6) is 5.88 Å². The van der Waals surface area contributed by atoms with Gasteiger partial charge in [0.15, 0.2) is 0 Å². The smallest absolute Gasteiger partial charge is 0.278 e. The van der Waals surface area contributed by atoms with Crippen LogP contribution in [0, 0.1) is 6.92 Å². The Kier molecular flexibility index (Phi) is 4.34. The minimum absolute atomic E-state index is 0.225. The Morgan fingerprint density at radius 2 is 2.30 bits per heavy atom. The van der Waals surface area contributed by atoms with Crippen molar-refractivity contribution in [1.82, 2.24) is 25.4 Å². The molecule has 0 unspecified atom stereocenters. The van der Waals surface area contributed by atoms with Gasteiger partial charge in [0.25, 0.3) is 11.8 Å². The van der Waals surface area contributed by atoms with E-state index < -0.39 is 0 Å². The Morgan fingerprint density at radius 3 is 2.90 bits per heavy atom. The highest BCUT2D eigenvalue weighted by Gasteiger charge is 2.10. The summed E-state index contributed by atoms with van der Waals surface area (Å²) in [6, 6.07) is 1.91. The van der Waals surface area contributed by atoms with E-state index >= 15 is 0 Å². The number of aryl methyl sites for hydroxylation is 1. The van der Waals surface area contributed by atoms with Gasteiger partial charge in [-0.25, -0.2) is 4.63 Å². The maximum absolute atomic E-state index is 11.8. The van der Waals surface area contributed by atoms with Crippen LogP contribution >= 0.6 is 0 Å². The molecule has 2 heterocycles. The van der Waals surface area contributed by atoms with Gasteiger partial charge in [-0.05, 0) is 32.0 Å². The number of amides is 1. The van der Waals surface area contributed by atoms with Gasteiger partial charge in [0.1, 0.15) is 18.0 Å². The standard InChI is InChI=1S/C12H17N5O3/c1-8(2)17-6-4-10(14-17)11(18)13-5-7-19-12-9(3)15-20-16-12/h4,6,8H,5,7H2,1-3H3,(H,13,18). The molecule has 0 aliphatic rings. The van der Waals surface area contributed by atoms with E-state index in [1.54, 1.807) is 23.9 Å². The number of hydrogen-bond acceptors (Lipinski definition) is 6. The maximum atomic E-state index is 11.8. The molecule has 0 fully saturated rings. The summed E-state index contributed by atoms with van der Waals surface area (Å²) in [5.41, 5.74) is 0.963. The van der Waals surface area contributed by atoms with Crippen molar-refractivity contribution in [1.29, 1.82) is 0 Å². The molecule has 0 spiro atoms. The Labute approximate surface area is 116 Å². The minimum Gasteiger partial charge on any atom is -0.472 e. The fraction of sp³-hybridized carbons (Fsp3) is 0.500. The third kappa shape index (κ3) is 3.34. The predicted molar refractivity (Wildman–Crippen MR) is 69.5 cm³/mol. The van der Waals surface area contributed by atoms with Crippen LogP contribution < -0.4 is 10.1 Å². The van der Waals surface area contributed by atoms with E-state index in [0.29, 0.717) is 23.8 Å². The highest BCUT2D eigenvalue weighted by Crippen LogP contribution is 2.09.